The zero-order valence-electron chi connectivity index (χ0n) is 13.8. The molecule has 3 heteroatoms. The maximum atomic E-state index is 13.0. The number of nitrogens with one attached hydrogen (secondary N) is 1. The minimum Gasteiger partial charge on any atom is -0.352 e. The number of rotatable bonds is 6. The van der Waals surface area contributed by atoms with Crippen LogP contribution in [0.1, 0.15) is 71.6 Å². The van der Waals surface area contributed by atoms with Gasteiger partial charge in [-0.1, -0.05) is 26.7 Å². The van der Waals surface area contributed by atoms with Gasteiger partial charge in [0.05, 0.1) is 5.41 Å². The molecule has 0 heterocycles. The molecule has 0 spiro atoms. The highest BCUT2D eigenvalue weighted by molar-refractivity contribution is 5.83. The molecule has 0 aromatic carbocycles. The monoisotopic (exact) mass is 292 g/mol. The smallest absolute Gasteiger partial charge is 0.226 e. The van der Waals surface area contributed by atoms with Crippen LogP contribution in [0.5, 0.6) is 0 Å². The van der Waals surface area contributed by atoms with Gasteiger partial charge >= 0.3 is 0 Å². The number of carbonyl (C=O) groups is 1. The van der Waals surface area contributed by atoms with Gasteiger partial charge in [0, 0.05) is 12.6 Å². The third-order valence-electron chi connectivity index (χ3n) is 6.36. The molecule has 4 fully saturated rings. The molecular formula is C18H32N2O. The van der Waals surface area contributed by atoms with Gasteiger partial charge in [-0.15, -0.1) is 0 Å². The van der Waals surface area contributed by atoms with Gasteiger partial charge in [-0.2, -0.15) is 0 Å². The van der Waals surface area contributed by atoms with Crippen molar-refractivity contribution in [3.05, 3.63) is 0 Å². The number of amides is 1. The molecule has 4 rings (SSSR count). The fourth-order valence-electron chi connectivity index (χ4n) is 6.02. The molecule has 4 saturated carbocycles. The molecule has 3 unspecified atom stereocenters. The highest BCUT2D eigenvalue weighted by Crippen LogP contribution is 2.65. The molecule has 3 nitrogen and oxygen atoms in total. The van der Waals surface area contributed by atoms with Crippen molar-refractivity contribution in [2.45, 2.75) is 77.7 Å². The summed E-state index contributed by atoms with van der Waals surface area (Å²) in [7, 11) is 0. The number of carbonyl (C=O) groups excluding carboxylic acids is 1. The summed E-state index contributed by atoms with van der Waals surface area (Å²) < 4.78 is 0. The summed E-state index contributed by atoms with van der Waals surface area (Å²) in [4.78, 5) is 13.0. The molecule has 4 bridgehead atoms. The fraction of sp³-hybridized carbons (Fsp3) is 0.944. The predicted octanol–water partition coefficient (Wildman–Crippen LogP) is 3.23. The van der Waals surface area contributed by atoms with Gasteiger partial charge < -0.3 is 11.1 Å². The standard InChI is InChI=1S/C18H32N2O/c1-3-4-5-15(11-19)20-16(21)18-9-13-6-14(10-18)8-17(2,7-13)12-18/h13-15H,3-12,19H2,1-2H3,(H,20,21). The Hall–Kier alpha value is -0.570. The van der Waals surface area contributed by atoms with Crippen LogP contribution in [-0.4, -0.2) is 18.5 Å². The van der Waals surface area contributed by atoms with Crippen LogP contribution >= 0.6 is 0 Å². The van der Waals surface area contributed by atoms with Crippen LogP contribution in [0, 0.1) is 22.7 Å². The van der Waals surface area contributed by atoms with E-state index in [9.17, 15) is 4.79 Å². The van der Waals surface area contributed by atoms with Gasteiger partial charge in [0.15, 0.2) is 0 Å². The first kappa shape index (κ1) is 15.3. The van der Waals surface area contributed by atoms with Gasteiger partial charge in [0.25, 0.3) is 0 Å². The summed E-state index contributed by atoms with van der Waals surface area (Å²) in [6, 6.07) is 0.179. The first-order valence-electron chi connectivity index (χ1n) is 9.00. The lowest BCUT2D eigenvalue weighted by atomic mass is 9.44. The number of hydrogen-bond acceptors (Lipinski definition) is 2. The van der Waals surface area contributed by atoms with Crippen molar-refractivity contribution in [3.8, 4) is 0 Å². The van der Waals surface area contributed by atoms with E-state index in [0.717, 1.165) is 43.9 Å². The molecule has 0 aromatic heterocycles. The Morgan fingerprint density at radius 2 is 1.95 bits per heavy atom. The summed E-state index contributed by atoms with van der Waals surface area (Å²) in [6.07, 6.45) is 10.8. The second kappa shape index (κ2) is 5.57. The molecule has 1 amide bonds. The number of nitrogens with two attached hydrogens (primary N) is 1. The summed E-state index contributed by atoms with van der Waals surface area (Å²) in [5.41, 5.74) is 6.24. The minimum atomic E-state index is -0.0571. The van der Waals surface area contributed by atoms with Gasteiger partial charge in [-0.3, -0.25) is 4.79 Å². The van der Waals surface area contributed by atoms with Gasteiger partial charge in [-0.25, -0.2) is 0 Å². The van der Waals surface area contributed by atoms with Crippen molar-refractivity contribution < 1.29 is 4.79 Å². The van der Waals surface area contributed by atoms with E-state index in [1.807, 2.05) is 0 Å². The zero-order valence-corrected chi connectivity index (χ0v) is 13.8. The Morgan fingerprint density at radius 1 is 1.29 bits per heavy atom. The van der Waals surface area contributed by atoms with E-state index in [1.165, 1.54) is 25.7 Å². The molecule has 120 valence electrons. The quantitative estimate of drug-likeness (QED) is 0.789. The molecule has 0 saturated heterocycles. The Bertz CT molecular complexity index is 392. The predicted molar refractivity (Wildman–Crippen MR) is 85.7 cm³/mol. The molecule has 3 N–H and O–H groups in total. The van der Waals surface area contributed by atoms with Crippen LogP contribution in [0.15, 0.2) is 0 Å². The zero-order chi connectivity index (χ0) is 15.1. The highest BCUT2D eigenvalue weighted by atomic mass is 16.2. The SMILES string of the molecule is CCCCC(CN)NC(=O)C12CC3CC(CC(C)(C3)C1)C2. The molecule has 21 heavy (non-hydrogen) atoms. The molecule has 4 aliphatic rings. The largest absolute Gasteiger partial charge is 0.352 e. The lowest BCUT2D eigenvalue weighted by Crippen LogP contribution is -2.58. The van der Waals surface area contributed by atoms with Gasteiger partial charge in [0.1, 0.15) is 0 Å². The second-order valence-corrected chi connectivity index (χ2v) is 8.60. The van der Waals surface area contributed by atoms with E-state index in [0.29, 0.717) is 17.9 Å². The van der Waals surface area contributed by atoms with Crippen molar-refractivity contribution in [1.82, 2.24) is 5.32 Å². The van der Waals surface area contributed by atoms with Crippen LogP contribution in [0.4, 0.5) is 0 Å². The Labute approximate surface area is 129 Å². The Morgan fingerprint density at radius 3 is 2.48 bits per heavy atom. The van der Waals surface area contributed by atoms with Crippen LogP contribution < -0.4 is 11.1 Å². The fourth-order valence-corrected chi connectivity index (χ4v) is 6.02. The molecule has 4 aliphatic carbocycles. The Kier molecular flexibility index (Phi) is 4.06. The van der Waals surface area contributed by atoms with Crippen molar-refractivity contribution in [3.63, 3.8) is 0 Å². The average molecular weight is 292 g/mol. The van der Waals surface area contributed by atoms with Crippen LogP contribution in [-0.2, 0) is 4.79 Å². The van der Waals surface area contributed by atoms with E-state index < -0.39 is 0 Å². The summed E-state index contributed by atoms with van der Waals surface area (Å²) >= 11 is 0. The number of unbranched alkanes of at least 4 members (excludes halogenated alkanes) is 1. The molecule has 0 aliphatic heterocycles. The topological polar surface area (TPSA) is 55.1 Å². The number of hydrogen-bond donors (Lipinski definition) is 2. The van der Waals surface area contributed by atoms with Crippen LogP contribution in [0.25, 0.3) is 0 Å². The van der Waals surface area contributed by atoms with Gasteiger partial charge in [0.2, 0.25) is 5.91 Å². The lowest BCUT2D eigenvalue weighted by Gasteiger charge is -2.60. The van der Waals surface area contributed by atoms with Crippen LogP contribution in [0.2, 0.25) is 0 Å². The van der Waals surface area contributed by atoms with Gasteiger partial charge in [-0.05, 0) is 62.2 Å². The maximum Gasteiger partial charge on any atom is 0.226 e. The van der Waals surface area contributed by atoms with E-state index in [2.05, 4.69) is 19.2 Å². The molecule has 0 radical (unpaired) electrons. The maximum absolute atomic E-state index is 13.0. The minimum absolute atomic E-state index is 0.0571. The average Bonchev–Trinajstić information content (AvgIpc) is 2.40. The van der Waals surface area contributed by atoms with E-state index in [4.69, 9.17) is 5.73 Å². The van der Waals surface area contributed by atoms with E-state index >= 15 is 0 Å². The second-order valence-electron chi connectivity index (χ2n) is 8.60. The summed E-state index contributed by atoms with van der Waals surface area (Å²) in [5, 5.41) is 3.31. The molecule has 0 aromatic rings. The van der Waals surface area contributed by atoms with Crippen LogP contribution in [0.3, 0.4) is 0 Å². The first-order valence-corrected chi connectivity index (χ1v) is 9.00. The van der Waals surface area contributed by atoms with Crippen molar-refractivity contribution in [1.29, 1.82) is 0 Å². The summed E-state index contributed by atoms with van der Waals surface area (Å²) in [6.45, 7) is 5.19. The normalized spacial score (nSPS) is 42.0. The molecule has 3 atom stereocenters. The van der Waals surface area contributed by atoms with Crippen molar-refractivity contribution in [2.24, 2.45) is 28.4 Å². The van der Waals surface area contributed by atoms with E-state index in [1.54, 1.807) is 0 Å². The third kappa shape index (κ3) is 2.86. The highest BCUT2D eigenvalue weighted by Gasteiger charge is 2.58. The molecular weight excluding hydrogens is 260 g/mol. The van der Waals surface area contributed by atoms with Crippen molar-refractivity contribution in [2.75, 3.05) is 6.54 Å². The Balaban J connectivity index is 1.69. The first-order chi connectivity index (χ1) is 9.98. The van der Waals surface area contributed by atoms with E-state index in [-0.39, 0.29) is 11.5 Å². The van der Waals surface area contributed by atoms with Crippen molar-refractivity contribution >= 4 is 5.91 Å². The lowest BCUT2D eigenvalue weighted by molar-refractivity contribution is -0.156. The third-order valence-corrected chi connectivity index (χ3v) is 6.36. The summed E-state index contributed by atoms with van der Waals surface area (Å²) in [5.74, 6) is 1.93.